The monoisotopic (exact) mass is 274 g/mol. The average Bonchev–Trinajstić information content (AvgIpc) is 2.42. The van der Waals surface area contributed by atoms with Gasteiger partial charge in [0.25, 0.3) is 0 Å². The molecule has 0 radical (unpaired) electrons. The second kappa shape index (κ2) is 9.21. The zero-order valence-electron chi connectivity index (χ0n) is 14.2. The number of aryl methyl sites for hydroxylation is 1. The number of hydrogen-bond acceptors (Lipinski definition) is 0. The second-order valence-electron chi connectivity index (χ2n) is 6.92. The van der Waals surface area contributed by atoms with E-state index >= 15 is 0 Å². The summed E-state index contributed by atoms with van der Waals surface area (Å²) in [4.78, 5) is 0. The Morgan fingerprint density at radius 3 is 1.95 bits per heavy atom. The third kappa shape index (κ3) is 6.11. The van der Waals surface area contributed by atoms with Crippen molar-refractivity contribution in [1.29, 1.82) is 0 Å². The highest BCUT2D eigenvalue weighted by Gasteiger charge is 2.21. The van der Waals surface area contributed by atoms with Gasteiger partial charge in [-0.2, -0.15) is 0 Å². The molecule has 0 saturated carbocycles. The molecule has 0 aliphatic heterocycles. The fourth-order valence-corrected chi connectivity index (χ4v) is 3.17. The van der Waals surface area contributed by atoms with E-state index in [0.717, 1.165) is 0 Å². The molecule has 1 rings (SSSR count). The lowest BCUT2D eigenvalue weighted by Crippen LogP contribution is -2.18. The Morgan fingerprint density at radius 2 is 1.35 bits per heavy atom. The van der Waals surface area contributed by atoms with Crippen LogP contribution in [0, 0.1) is 6.92 Å². The Morgan fingerprint density at radius 1 is 0.800 bits per heavy atom. The molecule has 0 unspecified atom stereocenters. The van der Waals surface area contributed by atoms with Gasteiger partial charge in [0.05, 0.1) is 0 Å². The van der Waals surface area contributed by atoms with Crippen molar-refractivity contribution in [2.75, 3.05) is 0 Å². The van der Waals surface area contributed by atoms with Gasteiger partial charge in [-0.15, -0.1) is 0 Å². The van der Waals surface area contributed by atoms with Gasteiger partial charge in [-0.25, -0.2) is 0 Å². The molecule has 1 aromatic rings. The highest BCUT2D eigenvalue weighted by molar-refractivity contribution is 5.32. The van der Waals surface area contributed by atoms with E-state index in [1.165, 1.54) is 68.9 Å². The minimum atomic E-state index is 0.327. The summed E-state index contributed by atoms with van der Waals surface area (Å²) in [5, 5.41) is 0. The highest BCUT2D eigenvalue weighted by atomic mass is 14.3. The molecule has 0 fully saturated rings. The molecule has 0 spiro atoms. The zero-order valence-corrected chi connectivity index (χ0v) is 14.2. The van der Waals surface area contributed by atoms with Crippen LogP contribution in [-0.4, -0.2) is 0 Å². The summed E-state index contributed by atoms with van der Waals surface area (Å²) < 4.78 is 0. The molecule has 0 aromatic heterocycles. The van der Waals surface area contributed by atoms with Gasteiger partial charge in [0.15, 0.2) is 0 Å². The van der Waals surface area contributed by atoms with Gasteiger partial charge in [0.2, 0.25) is 0 Å². The first-order valence-corrected chi connectivity index (χ1v) is 8.64. The molecule has 0 saturated heterocycles. The van der Waals surface area contributed by atoms with Crippen molar-refractivity contribution < 1.29 is 0 Å². The number of hydrogen-bond donors (Lipinski definition) is 0. The van der Waals surface area contributed by atoms with Crippen molar-refractivity contribution in [1.82, 2.24) is 0 Å². The van der Waals surface area contributed by atoms with Crippen molar-refractivity contribution in [3.8, 4) is 0 Å². The number of rotatable bonds is 10. The summed E-state index contributed by atoms with van der Waals surface area (Å²) in [6.07, 6.45) is 12.6. The standard InChI is InChI=1S/C20H34/c1-5-6-7-8-9-10-11-14-17-20(3,4)19-16-13-12-15-18(19)2/h12-13,15-16H,5-11,14,17H2,1-4H3. The van der Waals surface area contributed by atoms with E-state index < -0.39 is 0 Å². The summed E-state index contributed by atoms with van der Waals surface area (Å²) in [5.74, 6) is 0. The second-order valence-corrected chi connectivity index (χ2v) is 6.92. The van der Waals surface area contributed by atoms with E-state index in [2.05, 4.69) is 52.0 Å². The Kier molecular flexibility index (Phi) is 7.95. The van der Waals surface area contributed by atoms with Crippen LogP contribution in [0.5, 0.6) is 0 Å². The number of unbranched alkanes of at least 4 members (excludes halogenated alkanes) is 7. The van der Waals surface area contributed by atoms with Crippen LogP contribution in [0.15, 0.2) is 24.3 Å². The van der Waals surface area contributed by atoms with Crippen LogP contribution < -0.4 is 0 Å². The molecule has 0 heteroatoms. The summed E-state index contributed by atoms with van der Waals surface area (Å²) in [6, 6.07) is 8.87. The molecule has 0 heterocycles. The van der Waals surface area contributed by atoms with Crippen molar-refractivity contribution in [3.05, 3.63) is 35.4 Å². The Bertz CT molecular complexity index is 362. The van der Waals surface area contributed by atoms with Crippen LogP contribution in [0.25, 0.3) is 0 Å². The van der Waals surface area contributed by atoms with Crippen LogP contribution in [0.1, 0.15) is 89.7 Å². The maximum Gasteiger partial charge on any atom is -0.0101 e. The average molecular weight is 274 g/mol. The first-order chi connectivity index (χ1) is 9.58. The SMILES string of the molecule is CCCCCCCCCCC(C)(C)c1ccccc1C. The molecular weight excluding hydrogens is 240 g/mol. The largest absolute Gasteiger partial charge is 0.0654 e. The quantitative estimate of drug-likeness (QED) is 0.411. The minimum absolute atomic E-state index is 0.327. The smallest absolute Gasteiger partial charge is 0.0101 e. The molecule has 1 aromatic carbocycles. The Labute approximate surface area is 127 Å². The lowest BCUT2D eigenvalue weighted by Gasteiger charge is -2.27. The van der Waals surface area contributed by atoms with Gasteiger partial charge in [-0.1, -0.05) is 96.4 Å². The molecule has 20 heavy (non-hydrogen) atoms. The molecular formula is C20H34. The third-order valence-electron chi connectivity index (χ3n) is 4.53. The van der Waals surface area contributed by atoms with Gasteiger partial charge >= 0.3 is 0 Å². The van der Waals surface area contributed by atoms with E-state index in [1.807, 2.05) is 0 Å². The Hall–Kier alpha value is -0.780. The predicted octanol–water partition coefficient (Wildman–Crippen LogP) is 6.80. The van der Waals surface area contributed by atoms with Crippen LogP contribution in [0.3, 0.4) is 0 Å². The topological polar surface area (TPSA) is 0 Å². The van der Waals surface area contributed by atoms with Crippen molar-refractivity contribution >= 4 is 0 Å². The van der Waals surface area contributed by atoms with E-state index in [9.17, 15) is 0 Å². The lowest BCUT2D eigenvalue weighted by molar-refractivity contribution is 0.439. The summed E-state index contributed by atoms with van der Waals surface area (Å²) in [5.41, 5.74) is 3.30. The van der Waals surface area contributed by atoms with Gasteiger partial charge < -0.3 is 0 Å². The molecule has 0 bridgehead atoms. The molecule has 0 atom stereocenters. The van der Waals surface area contributed by atoms with Crippen LogP contribution in [0.2, 0.25) is 0 Å². The summed E-state index contributed by atoms with van der Waals surface area (Å²) in [6.45, 7) is 9.33. The molecule has 0 amide bonds. The predicted molar refractivity (Wildman–Crippen MR) is 91.4 cm³/mol. The van der Waals surface area contributed by atoms with Gasteiger partial charge in [-0.3, -0.25) is 0 Å². The maximum atomic E-state index is 2.40. The summed E-state index contributed by atoms with van der Waals surface area (Å²) >= 11 is 0. The zero-order chi connectivity index (χ0) is 14.8. The maximum absolute atomic E-state index is 2.40. The van der Waals surface area contributed by atoms with Gasteiger partial charge in [0.1, 0.15) is 0 Å². The summed E-state index contributed by atoms with van der Waals surface area (Å²) in [7, 11) is 0. The minimum Gasteiger partial charge on any atom is -0.0654 e. The lowest BCUT2D eigenvalue weighted by atomic mass is 9.78. The Balaban J connectivity index is 2.22. The van der Waals surface area contributed by atoms with Crippen LogP contribution >= 0.6 is 0 Å². The third-order valence-corrected chi connectivity index (χ3v) is 4.53. The molecule has 0 aliphatic carbocycles. The molecule has 0 nitrogen and oxygen atoms in total. The van der Waals surface area contributed by atoms with Gasteiger partial charge in [0, 0.05) is 0 Å². The highest BCUT2D eigenvalue weighted by Crippen LogP contribution is 2.31. The van der Waals surface area contributed by atoms with Crippen LogP contribution in [-0.2, 0) is 5.41 Å². The first kappa shape index (κ1) is 17.3. The fourth-order valence-electron chi connectivity index (χ4n) is 3.17. The van der Waals surface area contributed by atoms with Gasteiger partial charge in [-0.05, 0) is 29.9 Å². The van der Waals surface area contributed by atoms with Crippen LogP contribution in [0.4, 0.5) is 0 Å². The molecule has 0 N–H and O–H groups in total. The molecule has 0 aliphatic rings. The van der Waals surface area contributed by atoms with E-state index in [4.69, 9.17) is 0 Å². The van der Waals surface area contributed by atoms with E-state index in [-0.39, 0.29) is 0 Å². The number of benzene rings is 1. The fraction of sp³-hybridized carbons (Fsp3) is 0.700. The van der Waals surface area contributed by atoms with E-state index in [1.54, 1.807) is 0 Å². The van der Waals surface area contributed by atoms with Crippen molar-refractivity contribution in [2.24, 2.45) is 0 Å². The molecule has 114 valence electrons. The van der Waals surface area contributed by atoms with Crippen molar-refractivity contribution in [3.63, 3.8) is 0 Å². The normalized spacial score (nSPS) is 11.8. The van der Waals surface area contributed by atoms with Crippen molar-refractivity contribution in [2.45, 2.75) is 90.9 Å². The van der Waals surface area contributed by atoms with E-state index in [0.29, 0.717) is 5.41 Å². The first-order valence-electron chi connectivity index (χ1n) is 8.64.